The van der Waals surface area contributed by atoms with Gasteiger partial charge in [-0.1, -0.05) is 0 Å². The highest BCUT2D eigenvalue weighted by Crippen LogP contribution is 2.17. The van der Waals surface area contributed by atoms with Crippen molar-refractivity contribution in [2.45, 2.75) is 19.9 Å². The molecule has 1 amide bonds. The van der Waals surface area contributed by atoms with Gasteiger partial charge in [-0.25, -0.2) is 13.8 Å². The van der Waals surface area contributed by atoms with Crippen LogP contribution in [-0.2, 0) is 0 Å². The van der Waals surface area contributed by atoms with Gasteiger partial charge in [0.05, 0.1) is 12.6 Å². The van der Waals surface area contributed by atoms with Gasteiger partial charge in [0.15, 0.2) is 11.6 Å². The van der Waals surface area contributed by atoms with E-state index >= 15 is 0 Å². The highest BCUT2D eigenvalue weighted by Gasteiger charge is 2.13. The molecule has 0 saturated carbocycles. The van der Waals surface area contributed by atoms with Crippen molar-refractivity contribution in [3.05, 3.63) is 53.7 Å². The lowest BCUT2D eigenvalue weighted by Crippen LogP contribution is -2.36. The van der Waals surface area contributed by atoms with Crippen molar-refractivity contribution < 1.29 is 23.0 Å². The number of benzene rings is 1. The van der Waals surface area contributed by atoms with E-state index in [1.165, 1.54) is 18.3 Å². The molecule has 0 bridgehead atoms. The Bertz CT molecular complexity index is 710. The fraction of sp³-hybridized carbons (Fsp3) is 0.294. The second-order valence-electron chi connectivity index (χ2n) is 5.08. The lowest BCUT2D eigenvalue weighted by Gasteiger charge is -2.15. The number of nitrogens with zero attached hydrogens (tertiary/aromatic N) is 1. The summed E-state index contributed by atoms with van der Waals surface area (Å²) in [5.74, 6) is -1.50. The van der Waals surface area contributed by atoms with Crippen LogP contribution in [-0.4, -0.2) is 30.1 Å². The smallest absolute Gasteiger partial charge is 0.251 e. The van der Waals surface area contributed by atoms with Gasteiger partial charge in [0.1, 0.15) is 12.4 Å². The first-order chi connectivity index (χ1) is 11.5. The zero-order valence-corrected chi connectivity index (χ0v) is 13.4. The minimum Gasteiger partial charge on any atom is -0.488 e. The first-order valence-electron chi connectivity index (χ1n) is 7.47. The van der Waals surface area contributed by atoms with E-state index in [9.17, 15) is 13.6 Å². The van der Waals surface area contributed by atoms with E-state index in [-0.39, 0.29) is 24.3 Å². The zero-order valence-electron chi connectivity index (χ0n) is 13.4. The Morgan fingerprint density at radius 1 is 1.25 bits per heavy atom. The molecule has 1 unspecified atom stereocenters. The largest absolute Gasteiger partial charge is 0.488 e. The number of carbonyl (C=O) groups excluding carboxylic acids is 1. The molecule has 2 rings (SSSR count). The van der Waals surface area contributed by atoms with E-state index in [1.807, 2.05) is 6.92 Å². The average molecular weight is 336 g/mol. The van der Waals surface area contributed by atoms with Crippen molar-refractivity contribution >= 4 is 5.91 Å². The molecule has 7 heteroatoms. The third-order valence-corrected chi connectivity index (χ3v) is 3.05. The molecule has 0 spiro atoms. The van der Waals surface area contributed by atoms with E-state index in [1.54, 1.807) is 13.0 Å². The van der Waals surface area contributed by atoms with E-state index in [4.69, 9.17) is 9.47 Å². The van der Waals surface area contributed by atoms with Gasteiger partial charge in [0.2, 0.25) is 5.88 Å². The highest BCUT2D eigenvalue weighted by atomic mass is 19.1. The number of carbonyl (C=O) groups is 1. The van der Waals surface area contributed by atoms with Crippen LogP contribution < -0.4 is 14.8 Å². The quantitative estimate of drug-likeness (QED) is 0.844. The van der Waals surface area contributed by atoms with Crippen molar-refractivity contribution in [2.75, 3.05) is 13.2 Å². The van der Waals surface area contributed by atoms with Crippen LogP contribution in [0.3, 0.4) is 0 Å². The summed E-state index contributed by atoms with van der Waals surface area (Å²) in [7, 11) is 0. The van der Waals surface area contributed by atoms with Crippen LogP contribution in [0, 0.1) is 11.6 Å². The molecule has 0 aliphatic rings. The SMILES string of the molecule is CCOc1cc(C(=O)NC(C)COc2ccc(F)cc2F)ccn1. The van der Waals surface area contributed by atoms with Crippen molar-refractivity contribution in [3.8, 4) is 11.6 Å². The molecular weight excluding hydrogens is 318 g/mol. The van der Waals surface area contributed by atoms with Gasteiger partial charge in [-0.15, -0.1) is 0 Å². The maximum Gasteiger partial charge on any atom is 0.251 e. The van der Waals surface area contributed by atoms with Crippen LogP contribution in [0.25, 0.3) is 0 Å². The summed E-state index contributed by atoms with van der Waals surface area (Å²) in [5.41, 5.74) is 0.397. The second-order valence-corrected chi connectivity index (χ2v) is 5.08. The fourth-order valence-corrected chi connectivity index (χ4v) is 1.93. The molecule has 5 nitrogen and oxygen atoms in total. The fourth-order valence-electron chi connectivity index (χ4n) is 1.93. The monoisotopic (exact) mass is 336 g/mol. The maximum absolute atomic E-state index is 13.5. The van der Waals surface area contributed by atoms with E-state index in [0.717, 1.165) is 12.1 Å². The van der Waals surface area contributed by atoms with E-state index in [0.29, 0.717) is 18.1 Å². The molecule has 0 aliphatic heterocycles. The van der Waals surface area contributed by atoms with Crippen LogP contribution in [0.5, 0.6) is 11.6 Å². The molecule has 0 radical (unpaired) electrons. The number of rotatable bonds is 7. The molecular formula is C17H18F2N2O3. The summed E-state index contributed by atoms with van der Waals surface area (Å²) in [6.45, 7) is 4.02. The lowest BCUT2D eigenvalue weighted by molar-refractivity contribution is 0.0925. The number of pyridine rings is 1. The number of amides is 1. The Morgan fingerprint density at radius 2 is 2.04 bits per heavy atom. The number of nitrogens with one attached hydrogen (secondary N) is 1. The number of hydrogen-bond donors (Lipinski definition) is 1. The molecule has 1 aromatic carbocycles. The first-order valence-corrected chi connectivity index (χ1v) is 7.47. The van der Waals surface area contributed by atoms with Crippen LogP contribution in [0.15, 0.2) is 36.5 Å². The Balaban J connectivity index is 1.90. The maximum atomic E-state index is 13.5. The molecule has 1 heterocycles. The van der Waals surface area contributed by atoms with Crippen molar-refractivity contribution in [3.63, 3.8) is 0 Å². The third-order valence-electron chi connectivity index (χ3n) is 3.05. The second kappa shape index (κ2) is 8.24. The summed E-state index contributed by atoms with van der Waals surface area (Å²) in [4.78, 5) is 16.1. The summed E-state index contributed by atoms with van der Waals surface area (Å²) in [6.07, 6.45) is 1.48. The van der Waals surface area contributed by atoms with E-state index < -0.39 is 11.6 Å². The van der Waals surface area contributed by atoms with Gasteiger partial charge >= 0.3 is 0 Å². The summed E-state index contributed by atoms with van der Waals surface area (Å²) in [5, 5.41) is 2.72. The average Bonchev–Trinajstić information content (AvgIpc) is 2.54. The predicted octanol–water partition coefficient (Wildman–Crippen LogP) is 2.96. The van der Waals surface area contributed by atoms with Gasteiger partial charge in [-0.05, 0) is 32.0 Å². The zero-order chi connectivity index (χ0) is 17.5. The van der Waals surface area contributed by atoms with Gasteiger partial charge in [0.25, 0.3) is 5.91 Å². The van der Waals surface area contributed by atoms with Crippen molar-refractivity contribution in [1.29, 1.82) is 0 Å². The van der Waals surface area contributed by atoms with Crippen molar-refractivity contribution in [1.82, 2.24) is 10.3 Å². The Kier molecular flexibility index (Phi) is 6.06. The van der Waals surface area contributed by atoms with Crippen molar-refractivity contribution in [2.24, 2.45) is 0 Å². The highest BCUT2D eigenvalue weighted by molar-refractivity contribution is 5.94. The molecule has 1 atom stereocenters. The third kappa shape index (κ3) is 4.91. The van der Waals surface area contributed by atoms with Crippen LogP contribution >= 0.6 is 0 Å². The summed E-state index contributed by atoms with van der Waals surface area (Å²) >= 11 is 0. The molecule has 1 N–H and O–H groups in total. The Morgan fingerprint density at radius 3 is 2.75 bits per heavy atom. The Labute approximate surface area is 138 Å². The summed E-state index contributed by atoms with van der Waals surface area (Å²) in [6, 6.07) is 5.76. The van der Waals surface area contributed by atoms with Crippen LogP contribution in [0.1, 0.15) is 24.2 Å². The van der Waals surface area contributed by atoms with Gasteiger partial charge in [-0.3, -0.25) is 4.79 Å². The minimum atomic E-state index is -0.788. The van der Waals surface area contributed by atoms with Gasteiger partial charge < -0.3 is 14.8 Å². The number of aromatic nitrogens is 1. The van der Waals surface area contributed by atoms with Gasteiger partial charge in [0, 0.05) is 23.9 Å². The number of hydrogen-bond acceptors (Lipinski definition) is 4. The predicted molar refractivity (Wildman–Crippen MR) is 84.2 cm³/mol. The topological polar surface area (TPSA) is 60.5 Å². The molecule has 0 aliphatic carbocycles. The normalized spacial score (nSPS) is 11.7. The van der Waals surface area contributed by atoms with Crippen LogP contribution in [0.4, 0.5) is 8.78 Å². The molecule has 24 heavy (non-hydrogen) atoms. The first kappa shape index (κ1) is 17.7. The molecule has 0 saturated heterocycles. The number of ether oxygens (including phenoxy) is 2. The number of halogens is 2. The van der Waals surface area contributed by atoms with Crippen LogP contribution in [0.2, 0.25) is 0 Å². The molecule has 1 aromatic heterocycles. The standard InChI is InChI=1S/C17H18F2N2O3/c1-3-23-16-8-12(6-7-20-16)17(22)21-11(2)10-24-15-5-4-13(18)9-14(15)19/h4-9,11H,3,10H2,1-2H3,(H,21,22). The minimum absolute atomic E-state index is 0.0394. The molecule has 128 valence electrons. The van der Waals surface area contributed by atoms with Gasteiger partial charge in [-0.2, -0.15) is 0 Å². The van der Waals surface area contributed by atoms with E-state index in [2.05, 4.69) is 10.3 Å². The Hall–Kier alpha value is -2.70. The summed E-state index contributed by atoms with van der Waals surface area (Å²) < 4.78 is 36.8. The molecule has 0 fully saturated rings. The lowest BCUT2D eigenvalue weighted by atomic mass is 10.2. The molecule has 2 aromatic rings.